The van der Waals surface area contributed by atoms with Crippen LogP contribution in [-0.4, -0.2) is 54.6 Å². The molecular weight excluding hydrogens is 222 g/mol. The molecule has 1 heterocycles. The van der Waals surface area contributed by atoms with Gasteiger partial charge in [0.2, 0.25) is 0 Å². The molecule has 0 aromatic heterocycles. The number of likely N-dealkylation sites (N-methyl/N-ethyl adjacent to an activating group) is 2. The fourth-order valence-corrected chi connectivity index (χ4v) is 3.87. The molecule has 0 spiro atoms. The Balaban J connectivity index is 1.90. The lowest BCUT2D eigenvalue weighted by atomic mass is 9.87. The summed E-state index contributed by atoms with van der Waals surface area (Å²) in [6.45, 7) is 10.6. The molecule has 1 aliphatic heterocycles. The Bertz CT molecular complexity index is 277. The standard InChI is InChI=1S/C15H31N3/c1-5-18-10-6-7-12(18)11-17(4)13-8-9-15(2,3)14(13)16/h12-14H,5-11,16H2,1-4H3. The van der Waals surface area contributed by atoms with Crippen molar-refractivity contribution in [2.24, 2.45) is 11.1 Å². The molecule has 3 nitrogen and oxygen atoms in total. The van der Waals surface area contributed by atoms with Crippen molar-refractivity contribution in [1.29, 1.82) is 0 Å². The van der Waals surface area contributed by atoms with Gasteiger partial charge in [0.05, 0.1) is 0 Å². The van der Waals surface area contributed by atoms with Gasteiger partial charge in [0, 0.05) is 24.7 Å². The Morgan fingerprint density at radius 2 is 2.06 bits per heavy atom. The Kier molecular flexibility index (Phi) is 4.35. The molecule has 1 aliphatic carbocycles. The summed E-state index contributed by atoms with van der Waals surface area (Å²) < 4.78 is 0. The third kappa shape index (κ3) is 2.73. The molecule has 2 N–H and O–H groups in total. The highest BCUT2D eigenvalue weighted by Gasteiger charge is 2.41. The van der Waals surface area contributed by atoms with E-state index in [2.05, 4.69) is 37.6 Å². The monoisotopic (exact) mass is 253 g/mol. The Morgan fingerprint density at radius 1 is 1.33 bits per heavy atom. The van der Waals surface area contributed by atoms with Crippen molar-refractivity contribution >= 4 is 0 Å². The van der Waals surface area contributed by atoms with E-state index >= 15 is 0 Å². The maximum atomic E-state index is 6.44. The summed E-state index contributed by atoms with van der Waals surface area (Å²) in [4.78, 5) is 5.17. The molecule has 0 aromatic carbocycles. The van der Waals surface area contributed by atoms with Crippen LogP contribution in [0.2, 0.25) is 0 Å². The highest BCUT2D eigenvalue weighted by atomic mass is 15.2. The highest BCUT2D eigenvalue weighted by Crippen LogP contribution is 2.38. The normalized spacial score (nSPS) is 36.7. The molecular formula is C15H31N3. The average molecular weight is 253 g/mol. The number of nitrogens with two attached hydrogens (primary N) is 1. The van der Waals surface area contributed by atoms with Crippen LogP contribution in [-0.2, 0) is 0 Å². The summed E-state index contributed by atoms with van der Waals surface area (Å²) in [5.74, 6) is 0. The van der Waals surface area contributed by atoms with Crippen molar-refractivity contribution in [3.05, 3.63) is 0 Å². The first kappa shape index (κ1) is 14.3. The molecule has 0 aromatic rings. The third-order valence-corrected chi connectivity index (χ3v) is 5.37. The van der Waals surface area contributed by atoms with Gasteiger partial charge in [-0.3, -0.25) is 4.90 Å². The summed E-state index contributed by atoms with van der Waals surface area (Å²) in [6.07, 6.45) is 5.27. The van der Waals surface area contributed by atoms with Crippen LogP contribution >= 0.6 is 0 Å². The molecule has 2 rings (SSSR count). The van der Waals surface area contributed by atoms with Crippen molar-refractivity contribution in [3.8, 4) is 0 Å². The van der Waals surface area contributed by atoms with Crippen LogP contribution in [0.15, 0.2) is 0 Å². The Hall–Kier alpha value is -0.120. The summed E-state index contributed by atoms with van der Waals surface area (Å²) in [5.41, 5.74) is 6.76. The largest absolute Gasteiger partial charge is 0.326 e. The van der Waals surface area contributed by atoms with Gasteiger partial charge in [-0.2, -0.15) is 0 Å². The minimum atomic E-state index is 0.318. The zero-order valence-corrected chi connectivity index (χ0v) is 12.7. The third-order valence-electron chi connectivity index (χ3n) is 5.37. The number of nitrogens with zero attached hydrogens (tertiary/aromatic N) is 2. The van der Waals surface area contributed by atoms with E-state index in [1.165, 1.54) is 45.3 Å². The van der Waals surface area contributed by atoms with E-state index in [0.29, 0.717) is 17.5 Å². The van der Waals surface area contributed by atoms with E-state index in [0.717, 1.165) is 6.04 Å². The topological polar surface area (TPSA) is 32.5 Å². The lowest BCUT2D eigenvalue weighted by Crippen LogP contribution is -2.51. The second-order valence-corrected chi connectivity index (χ2v) is 6.98. The van der Waals surface area contributed by atoms with E-state index in [-0.39, 0.29) is 0 Å². The first-order valence-corrected chi connectivity index (χ1v) is 7.65. The van der Waals surface area contributed by atoms with Crippen LogP contribution in [0, 0.1) is 5.41 Å². The molecule has 1 saturated heterocycles. The molecule has 3 atom stereocenters. The molecule has 18 heavy (non-hydrogen) atoms. The summed E-state index contributed by atoms with van der Waals surface area (Å²) in [6, 6.07) is 1.68. The van der Waals surface area contributed by atoms with Crippen LogP contribution < -0.4 is 5.73 Å². The lowest BCUT2D eigenvalue weighted by Gasteiger charge is -2.35. The lowest BCUT2D eigenvalue weighted by molar-refractivity contribution is 0.145. The molecule has 2 aliphatic rings. The fourth-order valence-electron chi connectivity index (χ4n) is 3.87. The van der Waals surface area contributed by atoms with Gasteiger partial charge in [-0.1, -0.05) is 20.8 Å². The maximum absolute atomic E-state index is 6.44. The number of likely N-dealkylation sites (tertiary alicyclic amines) is 1. The molecule has 2 fully saturated rings. The van der Waals surface area contributed by atoms with E-state index in [1.54, 1.807) is 0 Å². The van der Waals surface area contributed by atoms with Gasteiger partial charge in [0.1, 0.15) is 0 Å². The second kappa shape index (κ2) is 5.48. The fraction of sp³-hybridized carbons (Fsp3) is 1.00. The van der Waals surface area contributed by atoms with Gasteiger partial charge >= 0.3 is 0 Å². The van der Waals surface area contributed by atoms with Crippen LogP contribution in [0.4, 0.5) is 0 Å². The molecule has 0 radical (unpaired) electrons. The number of rotatable bonds is 4. The van der Waals surface area contributed by atoms with Crippen LogP contribution in [0.25, 0.3) is 0 Å². The molecule has 0 bridgehead atoms. The molecule has 0 amide bonds. The van der Waals surface area contributed by atoms with Crippen molar-refractivity contribution in [3.63, 3.8) is 0 Å². The van der Waals surface area contributed by atoms with Gasteiger partial charge in [0.15, 0.2) is 0 Å². The predicted molar refractivity (Wildman–Crippen MR) is 77.7 cm³/mol. The average Bonchev–Trinajstić information content (AvgIpc) is 2.85. The Morgan fingerprint density at radius 3 is 2.61 bits per heavy atom. The maximum Gasteiger partial charge on any atom is 0.0250 e. The van der Waals surface area contributed by atoms with Crippen LogP contribution in [0.1, 0.15) is 46.5 Å². The minimum Gasteiger partial charge on any atom is -0.326 e. The first-order chi connectivity index (χ1) is 8.45. The summed E-state index contributed by atoms with van der Waals surface area (Å²) in [5, 5.41) is 0. The number of hydrogen-bond donors (Lipinski definition) is 1. The van der Waals surface area contributed by atoms with E-state index in [9.17, 15) is 0 Å². The van der Waals surface area contributed by atoms with Crippen molar-refractivity contribution < 1.29 is 0 Å². The smallest absolute Gasteiger partial charge is 0.0250 e. The second-order valence-electron chi connectivity index (χ2n) is 6.98. The zero-order chi connectivity index (χ0) is 13.3. The molecule has 1 saturated carbocycles. The minimum absolute atomic E-state index is 0.318. The van der Waals surface area contributed by atoms with Crippen LogP contribution in [0.5, 0.6) is 0 Å². The molecule has 106 valence electrons. The SMILES string of the molecule is CCN1CCCC1CN(C)C1CCC(C)(C)C1N. The van der Waals surface area contributed by atoms with Crippen LogP contribution in [0.3, 0.4) is 0 Å². The number of hydrogen-bond acceptors (Lipinski definition) is 3. The molecule has 3 heteroatoms. The zero-order valence-electron chi connectivity index (χ0n) is 12.7. The van der Waals surface area contributed by atoms with Gasteiger partial charge in [-0.15, -0.1) is 0 Å². The quantitative estimate of drug-likeness (QED) is 0.831. The van der Waals surface area contributed by atoms with Crippen molar-refractivity contribution in [2.75, 3.05) is 26.7 Å². The van der Waals surface area contributed by atoms with E-state index in [1.807, 2.05) is 0 Å². The highest BCUT2D eigenvalue weighted by molar-refractivity contribution is 4.99. The Labute approximate surface area is 113 Å². The van der Waals surface area contributed by atoms with Gasteiger partial charge < -0.3 is 10.6 Å². The van der Waals surface area contributed by atoms with Gasteiger partial charge in [-0.05, 0) is 51.2 Å². The van der Waals surface area contributed by atoms with Crippen molar-refractivity contribution in [2.45, 2.75) is 64.6 Å². The first-order valence-electron chi connectivity index (χ1n) is 7.65. The van der Waals surface area contributed by atoms with E-state index < -0.39 is 0 Å². The summed E-state index contributed by atoms with van der Waals surface area (Å²) >= 11 is 0. The van der Waals surface area contributed by atoms with Gasteiger partial charge in [-0.25, -0.2) is 0 Å². The van der Waals surface area contributed by atoms with Gasteiger partial charge in [0.25, 0.3) is 0 Å². The summed E-state index contributed by atoms with van der Waals surface area (Å²) in [7, 11) is 2.28. The molecule has 3 unspecified atom stereocenters. The van der Waals surface area contributed by atoms with E-state index in [4.69, 9.17) is 5.73 Å². The van der Waals surface area contributed by atoms with Crippen molar-refractivity contribution in [1.82, 2.24) is 9.80 Å². The predicted octanol–water partition coefficient (Wildman–Crippen LogP) is 1.92.